The summed E-state index contributed by atoms with van der Waals surface area (Å²) >= 11 is 0. The fourth-order valence-electron chi connectivity index (χ4n) is 0.195. The lowest BCUT2D eigenvalue weighted by molar-refractivity contribution is 0.164. The second kappa shape index (κ2) is 4.75. The number of hydrogen-bond donors (Lipinski definition) is 0. The molecule has 2 amide bonds. The topological polar surface area (TPSA) is 102 Å². The van der Waals surface area contributed by atoms with E-state index in [2.05, 4.69) is 14.7 Å². The van der Waals surface area contributed by atoms with Gasteiger partial charge in [-0.05, 0) is 0 Å². The quantitative estimate of drug-likeness (QED) is 0.277. The van der Waals surface area contributed by atoms with Gasteiger partial charge in [0.1, 0.15) is 0 Å². The molecule has 0 aliphatic carbocycles. The molecule has 0 heterocycles. The Morgan fingerprint density at radius 3 is 1.64 bits per heavy atom. The normalized spacial score (nSPS) is 6.91. The molecule has 0 bridgehead atoms. The van der Waals surface area contributed by atoms with Crippen LogP contribution in [-0.2, 0) is 14.3 Å². The third kappa shape index (κ3) is 4.41. The van der Waals surface area contributed by atoms with Crippen molar-refractivity contribution in [3.8, 4) is 0 Å². The van der Waals surface area contributed by atoms with Crippen LogP contribution in [0.15, 0.2) is 9.98 Å². The highest BCUT2D eigenvalue weighted by atomic mass is 16.6. The van der Waals surface area contributed by atoms with E-state index in [1.54, 1.807) is 0 Å². The molecule has 0 rings (SSSR count). The SMILES string of the molecule is O=C=NC(=O)OC(=O)N=C=O. The molecule has 0 N–H and O–H groups in total. The molecule has 0 aliphatic heterocycles. The Morgan fingerprint density at radius 1 is 1.00 bits per heavy atom. The van der Waals surface area contributed by atoms with Crippen LogP contribution in [0, 0.1) is 0 Å². The number of rotatable bonds is 0. The highest BCUT2D eigenvalue weighted by Crippen LogP contribution is 1.85. The molecule has 0 aromatic rings. The largest absolute Gasteiger partial charge is 0.453 e. The predicted octanol–water partition coefficient (Wildman–Crippen LogP) is -0.0854. The molecule has 0 fully saturated rings. The Morgan fingerprint density at radius 2 is 1.36 bits per heavy atom. The molecule has 0 spiro atoms. The fraction of sp³-hybridized carbons (Fsp3) is 0. The van der Waals surface area contributed by atoms with Crippen LogP contribution < -0.4 is 0 Å². The first-order valence-electron chi connectivity index (χ1n) is 2.12. The van der Waals surface area contributed by atoms with Crippen molar-refractivity contribution in [1.82, 2.24) is 0 Å². The van der Waals surface area contributed by atoms with Crippen molar-refractivity contribution in [2.75, 3.05) is 0 Å². The first-order chi connectivity index (χ1) is 5.20. The van der Waals surface area contributed by atoms with Gasteiger partial charge >= 0.3 is 12.2 Å². The number of carbonyl (C=O) groups excluding carboxylic acids is 4. The van der Waals surface area contributed by atoms with Crippen molar-refractivity contribution in [2.45, 2.75) is 0 Å². The van der Waals surface area contributed by atoms with E-state index in [9.17, 15) is 19.2 Å². The van der Waals surface area contributed by atoms with E-state index < -0.39 is 12.2 Å². The molecular weight excluding hydrogens is 156 g/mol. The van der Waals surface area contributed by atoms with Gasteiger partial charge in [-0.2, -0.15) is 0 Å². The molecule has 11 heavy (non-hydrogen) atoms. The maximum absolute atomic E-state index is 10.1. The summed E-state index contributed by atoms with van der Waals surface area (Å²) in [5, 5.41) is 0. The van der Waals surface area contributed by atoms with E-state index in [-0.39, 0.29) is 0 Å². The Kier molecular flexibility index (Phi) is 3.84. The first kappa shape index (κ1) is 8.90. The highest BCUT2D eigenvalue weighted by molar-refractivity contribution is 5.88. The van der Waals surface area contributed by atoms with Crippen LogP contribution in [0.1, 0.15) is 0 Å². The van der Waals surface area contributed by atoms with Gasteiger partial charge in [-0.15, -0.1) is 0 Å². The summed E-state index contributed by atoms with van der Waals surface area (Å²) in [6.45, 7) is 0. The highest BCUT2D eigenvalue weighted by Gasteiger charge is 2.06. The molecule has 0 saturated heterocycles. The van der Waals surface area contributed by atoms with Crippen LogP contribution in [0.5, 0.6) is 0 Å². The fourth-order valence-corrected chi connectivity index (χ4v) is 0.195. The Labute approximate surface area is 59.4 Å². The van der Waals surface area contributed by atoms with Crippen LogP contribution in [0.3, 0.4) is 0 Å². The number of hydrogen-bond acceptors (Lipinski definition) is 5. The average molecular weight is 156 g/mol. The standard InChI is InChI=1S/C4N2O5/c7-1-5-3(9)11-4(10)6-2-8. The minimum absolute atomic E-state index is 0.823. The molecule has 56 valence electrons. The van der Waals surface area contributed by atoms with Crippen LogP contribution in [-0.4, -0.2) is 24.3 Å². The molecule has 0 aliphatic rings. The maximum Gasteiger partial charge on any atom is 0.453 e. The maximum atomic E-state index is 10.1. The summed E-state index contributed by atoms with van der Waals surface area (Å²) in [7, 11) is 0. The van der Waals surface area contributed by atoms with Gasteiger partial charge in [-0.3, -0.25) is 0 Å². The number of amides is 2. The van der Waals surface area contributed by atoms with Gasteiger partial charge in [0, 0.05) is 0 Å². The lowest BCUT2D eigenvalue weighted by Crippen LogP contribution is -2.03. The van der Waals surface area contributed by atoms with Crippen molar-refractivity contribution in [3.63, 3.8) is 0 Å². The molecule has 7 nitrogen and oxygen atoms in total. The second-order valence-electron chi connectivity index (χ2n) is 1.04. The van der Waals surface area contributed by atoms with E-state index in [1.165, 1.54) is 0 Å². The summed E-state index contributed by atoms with van der Waals surface area (Å²) in [5.74, 6) is 0. The second-order valence-corrected chi connectivity index (χ2v) is 1.04. The zero-order valence-electron chi connectivity index (χ0n) is 4.94. The summed E-state index contributed by atoms with van der Waals surface area (Å²) in [6.07, 6.45) is -1.32. The van der Waals surface area contributed by atoms with Crippen LogP contribution in [0.25, 0.3) is 0 Å². The number of carbonyl (C=O) groups is 2. The third-order valence-corrected chi connectivity index (χ3v) is 0.448. The zero-order chi connectivity index (χ0) is 8.69. The van der Waals surface area contributed by atoms with Gasteiger partial charge in [-0.25, -0.2) is 19.2 Å². The summed E-state index contributed by atoms with van der Waals surface area (Å²) in [4.78, 5) is 43.6. The molecule has 0 unspecified atom stereocenters. The van der Waals surface area contributed by atoms with Gasteiger partial charge in [0.05, 0.1) is 0 Å². The molecule has 7 heteroatoms. The van der Waals surface area contributed by atoms with E-state index in [4.69, 9.17) is 0 Å². The van der Waals surface area contributed by atoms with Crippen molar-refractivity contribution >= 4 is 24.3 Å². The molecular formula is C4N2O5. The third-order valence-electron chi connectivity index (χ3n) is 0.448. The Bertz CT molecular complexity index is 242. The number of nitrogens with zero attached hydrogens (tertiary/aromatic N) is 2. The molecule has 0 aromatic carbocycles. The smallest absolute Gasteiger partial charge is 0.355 e. The lowest BCUT2D eigenvalue weighted by Gasteiger charge is -1.86. The zero-order valence-corrected chi connectivity index (χ0v) is 4.94. The lowest BCUT2D eigenvalue weighted by atomic mass is 11.1. The monoisotopic (exact) mass is 156 g/mol. The molecule has 0 aromatic heterocycles. The van der Waals surface area contributed by atoms with Crippen LogP contribution in [0.4, 0.5) is 9.59 Å². The average Bonchev–Trinajstić information content (AvgIpc) is 1.87. The van der Waals surface area contributed by atoms with E-state index in [1.807, 2.05) is 0 Å². The van der Waals surface area contributed by atoms with Gasteiger partial charge in [0.25, 0.3) is 0 Å². The Balaban J connectivity index is 4.05. The molecule has 0 atom stereocenters. The van der Waals surface area contributed by atoms with Crippen molar-refractivity contribution in [1.29, 1.82) is 0 Å². The number of ether oxygens (including phenoxy) is 1. The van der Waals surface area contributed by atoms with E-state index in [0.717, 1.165) is 12.2 Å². The van der Waals surface area contributed by atoms with Crippen molar-refractivity contribution in [3.05, 3.63) is 0 Å². The minimum Gasteiger partial charge on any atom is -0.355 e. The van der Waals surface area contributed by atoms with Gasteiger partial charge in [-0.1, -0.05) is 9.98 Å². The minimum atomic E-state index is -1.48. The van der Waals surface area contributed by atoms with Crippen LogP contribution in [0.2, 0.25) is 0 Å². The number of isocyanates is 2. The summed E-state index contributed by atoms with van der Waals surface area (Å²) in [6, 6.07) is 0. The summed E-state index contributed by atoms with van der Waals surface area (Å²) in [5.41, 5.74) is 0. The first-order valence-corrected chi connectivity index (χ1v) is 2.12. The number of aliphatic imine (C=N–C) groups is 2. The van der Waals surface area contributed by atoms with Crippen molar-refractivity contribution in [2.24, 2.45) is 9.98 Å². The van der Waals surface area contributed by atoms with E-state index >= 15 is 0 Å². The van der Waals surface area contributed by atoms with Gasteiger partial charge in [0.15, 0.2) is 0 Å². The Hall–Kier alpha value is -2.10. The summed E-state index contributed by atoms with van der Waals surface area (Å²) < 4.78 is 3.60. The van der Waals surface area contributed by atoms with E-state index in [0.29, 0.717) is 0 Å². The predicted molar refractivity (Wildman–Crippen MR) is 28.1 cm³/mol. The van der Waals surface area contributed by atoms with Gasteiger partial charge < -0.3 is 4.74 Å². The van der Waals surface area contributed by atoms with Crippen molar-refractivity contribution < 1.29 is 23.9 Å². The molecule has 0 saturated carbocycles. The molecule has 0 radical (unpaired) electrons. The van der Waals surface area contributed by atoms with Crippen LogP contribution >= 0.6 is 0 Å². The van der Waals surface area contributed by atoms with Gasteiger partial charge in [0.2, 0.25) is 12.2 Å².